The number of nitrogens with zero attached hydrogens (tertiary/aromatic N) is 2. The lowest BCUT2D eigenvalue weighted by atomic mass is 9.75. The van der Waals surface area contributed by atoms with Gasteiger partial charge < -0.3 is 11.1 Å². The summed E-state index contributed by atoms with van der Waals surface area (Å²) in [7, 11) is 0. The van der Waals surface area contributed by atoms with Gasteiger partial charge >= 0.3 is 0 Å². The van der Waals surface area contributed by atoms with Crippen LogP contribution in [0.15, 0.2) is 6.07 Å². The average Bonchev–Trinajstić information content (AvgIpc) is 3.10. The van der Waals surface area contributed by atoms with Crippen LogP contribution in [0.5, 0.6) is 0 Å². The molecule has 2 saturated carbocycles. The average molecular weight is 260 g/mol. The van der Waals surface area contributed by atoms with Crippen LogP contribution in [-0.2, 0) is 0 Å². The van der Waals surface area contributed by atoms with Crippen molar-refractivity contribution in [1.29, 1.82) is 0 Å². The Hall–Kier alpha value is -1.32. The Kier molecular flexibility index (Phi) is 3.11. The molecule has 104 valence electrons. The van der Waals surface area contributed by atoms with E-state index in [-0.39, 0.29) is 0 Å². The monoisotopic (exact) mass is 260 g/mol. The topological polar surface area (TPSA) is 63.8 Å². The van der Waals surface area contributed by atoms with Crippen LogP contribution in [-0.4, -0.2) is 16.0 Å². The van der Waals surface area contributed by atoms with E-state index in [4.69, 9.17) is 5.73 Å². The minimum Gasteiger partial charge on any atom is -0.384 e. The van der Waals surface area contributed by atoms with Crippen molar-refractivity contribution in [2.24, 2.45) is 5.41 Å². The summed E-state index contributed by atoms with van der Waals surface area (Å²) in [5.41, 5.74) is 6.33. The minimum atomic E-state index is 0.438. The first-order chi connectivity index (χ1) is 9.02. The maximum atomic E-state index is 5.89. The fraction of sp³-hybridized carbons (Fsp3) is 0.733. The first-order valence-electron chi connectivity index (χ1n) is 7.43. The summed E-state index contributed by atoms with van der Waals surface area (Å²) in [6.07, 6.45) is 7.46. The Bertz CT molecular complexity index is 465. The van der Waals surface area contributed by atoms with Crippen LogP contribution in [0.2, 0.25) is 0 Å². The van der Waals surface area contributed by atoms with Crippen molar-refractivity contribution in [3.05, 3.63) is 11.9 Å². The molecule has 3 rings (SSSR count). The van der Waals surface area contributed by atoms with Gasteiger partial charge in [-0.2, -0.15) is 0 Å². The van der Waals surface area contributed by atoms with Crippen molar-refractivity contribution in [3.63, 3.8) is 0 Å². The van der Waals surface area contributed by atoms with E-state index < -0.39 is 0 Å². The number of anilines is 2. The molecule has 4 nitrogen and oxygen atoms in total. The van der Waals surface area contributed by atoms with Gasteiger partial charge in [0.1, 0.15) is 17.5 Å². The SMILES string of the molecule is CC1(C)CCCC(Nc2cc(N)nc(C3CC3)n2)C1. The Balaban J connectivity index is 1.72. The predicted molar refractivity (Wildman–Crippen MR) is 78.1 cm³/mol. The lowest BCUT2D eigenvalue weighted by Gasteiger charge is -2.35. The molecule has 2 aliphatic carbocycles. The zero-order chi connectivity index (χ0) is 13.5. The standard InChI is InChI=1S/C15H24N4/c1-15(2)7-3-4-11(9-15)17-13-8-12(16)18-14(19-13)10-5-6-10/h8,10-11H,3-7,9H2,1-2H3,(H3,16,17,18,19). The van der Waals surface area contributed by atoms with Crippen LogP contribution < -0.4 is 11.1 Å². The molecule has 1 atom stereocenters. The summed E-state index contributed by atoms with van der Waals surface area (Å²) in [6.45, 7) is 4.70. The van der Waals surface area contributed by atoms with Gasteiger partial charge in [-0.3, -0.25) is 0 Å². The van der Waals surface area contributed by atoms with Crippen molar-refractivity contribution < 1.29 is 0 Å². The van der Waals surface area contributed by atoms with E-state index in [2.05, 4.69) is 29.1 Å². The van der Waals surface area contributed by atoms with Crippen LogP contribution in [0.25, 0.3) is 0 Å². The number of aromatic nitrogens is 2. The van der Waals surface area contributed by atoms with Crippen LogP contribution in [0, 0.1) is 5.41 Å². The summed E-state index contributed by atoms with van der Waals surface area (Å²) >= 11 is 0. The Morgan fingerprint density at radius 2 is 2.05 bits per heavy atom. The Morgan fingerprint density at radius 1 is 1.26 bits per heavy atom. The highest BCUT2D eigenvalue weighted by atomic mass is 15.1. The number of hydrogen-bond donors (Lipinski definition) is 2. The zero-order valence-corrected chi connectivity index (χ0v) is 11.9. The summed E-state index contributed by atoms with van der Waals surface area (Å²) in [6, 6.07) is 2.39. The van der Waals surface area contributed by atoms with Crippen molar-refractivity contribution in [2.45, 2.75) is 64.3 Å². The molecule has 0 bridgehead atoms. The molecule has 0 aromatic carbocycles. The molecule has 1 heterocycles. The van der Waals surface area contributed by atoms with Gasteiger partial charge in [0.2, 0.25) is 0 Å². The smallest absolute Gasteiger partial charge is 0.136 e. The molecule has 1 aromatic heterocycles. The molecule has 0 radical (unpaired) electrons. The lowest BCUT2D eigenvalue weighted by Crippen LogP contribution is -2.32. The summed E-state index contributed by atoms with van der Waals surface area (Å²) in [5, 5.41) is 3.57. The predicted octanol–water partition coefficient (Wildman–Crippen LogP) is 3.32. The largest absolute Gasteiger partial charge is 0.384 e. The molecule has 3 N–H and O–H groups in total. The van der Waals surface area contributed by atoms with Crippen LogP contribution >= 0.6 is 0 Å². The second-order valence-corrected chi connectivity index (χ2v) is 6.91. The molecule has 0 amide bonds. The molecule has 2 aliphatic rings. The zero-order valence-electron chi connectivity index (χ0n) is 11.9. The molecule has 0 aliphatic heterocycles. The summed E-state index contributed by atoms with van der Waals surface area (Å²) < 4.78 is 0. The highest BCUT2D eigenvalue weighted by Gasteiger charge is 2.29. The number of rotatable bonds is 3. The van der Waals surface area contributed by atoms with Gasteiger partial charge in [0.15, 0.2) is 0 Å². The number of nitrogen functional groups attached to an aromatic ring is 1. The van der Waals surface area contributed by atoms with E-state index >= 15 is 0 Å². The van der Waals surface area contributed by atoms with E-state index in [0.29, 0.717) is 23.2 Å². The third kappa shape index (κ3) is 3.17. The number of nitrogens with one attached hydrogen (secondary N) is 1. The highest BCUT2D eigenvalue weighted by molar-refractivity contribution is 5.46. The van der Waals surface area contributed by atoms with E-state index in [0.717, 1.165) is 11.6 Å². The molecule has 2 fully saturated rings. The van der Waals surface area contributed by atoms with Crippen molar-refractivity contribution >= 4 is 11.6 Å². The second-order valence-electron chi connectivity index (χ2n) is 6.91. The molecule has 19 heavy (non-hydrogen) atoms. The van der Waals surface area contributed by atoms with Gasteiger partial charge in [0, 0.05) is 18.0 Å². The molecular weight excluding hydrogens is 236 g/mol. The highest BCUT2D eigenvalue weighted by Crippen LogP contribution is 2.39. The minimum absolute atomic E-state index is 0.438. The second kappa shape index (κ2) is 4.66. The molecule has 1 aromatic rings. The van der Waals surface area contributed by atoms with Crippen LogP contribution in [0.3, 0.4) is 0 Å². The third-order valence-electron chi connectivity index (χ3n) is 4.26. The Labute approximate surface area is 115 Å². The van der Waals surface area contributed by atoms with Crippen LogP contribution in [0.4, 0.5) is 11.6 Å². The van der Waals surface area contributed by atoms with Crippen LogP contribution in [0.1, 0.15) is 64.1 Å². The van der Waals surface area contributed by atoms with Gasteiger partial charge in [-0.15, -0.1) is 0 Å². The Morgan fingerprint density at radius 3 is 2.74 bits per heavy atom. The van der Waals surface area contributed by atoms with Gasteiger partial charge in [-0.25, -0.2) is 9.97 Å². The van der Waals surface area contributed by atoms with E-state index in [1.54, 1.807) is 0 Å². The molecule has 4 heteroatoms. The molecule has 0 spiro atoms. The van der Waals surface area contributed by atoms with Gasteiger partial charge in [-0.1, -0.05) is 20.3 Å². The third-order valence-corrected chi connectivity index (χ3v) is 4.26. The van der Waals surface area contributed by atoms with E-state index in [1.165, 1.54) is 38.5 Å². The first-order valence-corrected chi connectivity index (χ1v) is 7.43. The van der Waals surface area contributed by atoms with Gasteiger partial charge in [0.05, 0.1) is 0 Å². The summed E-state index contributed by atoms with van der Waals surface area (Å²) in [4.78, 5) is 8.98. The van der Waals surface area contributed by atoms with E-state index in [9.17, 15) is 0 Å². The van der Waals surface area contributed by atoms with Gasteiger partial charge in [-0.05, 0) is 37.5 Å². The number of hydrogen-bond acceptors (Lipinski definition) is 4. The lowest BCUT2D eigenvalue weighted by molar-refractivity contribution is 0.229. The van der Waals surface area contributed by atoms with Gasteiger partial charge in [0.25, 0.3) is 0 Å². The maximum absolute atomic E-state index is 5.89. The fourth-order valence-corrected chi connectivity index (χ4v) is 3.11. The van der Waals surface area contributed by atoms with E-state index in [1.807, 2.05) is 6.07 Å². The number of nitrogens with two attached hydrogens (primary N) is 1. The first kappa shape index (κ1) is 12.7. The maximum Gasteiger partial charge on any atom is 0.136 e. The van der Waals surface area contributed by atoms with Crippen molar-refractivity contribution in [2.75, 3.05) is 11.1 Å². The van der Waals surface area contributed by atoms with Crippen molar-refractivity contribution in [3.8, 4) is 0 Å². The fourth-order valence-electron chi connectivity index (χ4n) is 3.11. The normalized spacial score (nSPS) is 26.1. The molecule has 1 unspecified atom stereocenters. The molecule has 0 saturated heterocycles. The van der Waals surface area contributed by atoms with Crippen molar-refractivity contribution in [1.82, 2.24) is 9.97 Å². The molecular formula is C15H24N4. The summed E-state index contributed by atoms with van der Waals surface area (Å²) in [5.74, 6) is 2.98. The quantitative estimate of drug-likeness (QED) is 0.875.